The van der Waals surface area contributed by atoms with Crippen LogP contribution in [0.1, 0.15) is 24.2 Å². The zero-order valence-electron chi connectivity index (χ0n) is 12.4. The minimum atomic E-state index is -1.27. The van der Waals surface area contributed by atoms with Gasteiger partial charge in [0.2, 0.25) is 0 Å². The highest BCUT2D eigenvalue weighted by Crippen LogP contribution is 2.22. The molecular weight excluding hydrogens is 288 g/mol. The third-order valence-corrected chi connectivity index (χ3v) is 2.85. The van der Waals surface area contributed by atoms with E-state index in [0.717, 1.165) is 0 Å². The van der Waals surface area contributed by atoms with Gasteiger partial charge in [-0.25, -0.2) is 9.59 Å². The monoisotopic (exact) mass is 304 g/mol. The van der Waals surface area contributed by atoms with Gasteiger partial charge in [-0.1, -0.05) is 6.07 Å². The van der Waals surface area contributed by atoms with E-state index in [1.807, 2.05) is 0 Å². The first-order valence-electron chi connectivity index (χ1n) is 6.58. The molecule has 0 bridgehead atoms. The van der Waals surface area contributed by atoms with E-state index in [9.17, 15) is 14.4 Å². The highest BCUT2D eigenvalue weighted by molar-refractivity contribution is 6.15. The average Bonchev–Trinajstić information content (AvgIpc) is 2.44. The maximum Gasteiger partial charge on any atom is 0.350 e. The largest absolute Gasteiger partial charge is 0.419 e. The SMILES string of the molecule is CNC(=O)c1cccc(NC=C2C(=O)OC(C)(C)OC2=O)c1. The van der Waals surface area contributed by atoms with E-state index in [4.69, 9.17) is 9.47 Å². The van der Waals surface area contributed by atoms with Crippen molar-refractivity contribution in [2.45, 2.75) is 19.6 Å². The van der Waals surface area contributed by atoms with Gasteiger partial charge in [-0.15, -0.1) is 0 Å². The van der Waals surface area contributed by atoms with Crippen LogP contribution in [-0.4, -0.2) is 30.7 Å². The number of benzene rings is 1. The van der Waals surface area contributed by atoms with Crippen LogP contribution >= 0.6 is 0 Å². The molecule has 0 aliphatic carbocycles. The zero-order chi connectivity index (χ0) is 16.3. The molecule has 1 aliphatic heterocycles. The molecule has 22 heavy (non-hydrogen) atoms. The number of amides is 1. The second-order valence-corrected chi connectivity index (χ2v) is 5.04. The van der Waals surface area contributed by atoms with E-state index >= 15 is 0 Å². The van der Waals surface area contributed by atoms with Crippen LogP contribution in [0, 0.1) is 0 Å². The molecule has 1 heterocycles. The van der Waals surface area contributed by atoms with Crippen LogP contribution in [0.25, 0.3) is 0 Å². The van der Waals surface area contributed by atoms with Crippen molar-refractivity contribution in [3.63, 3.8) is 0 Å². The maximum atomic E-state index is 11.8. The van der Waals surface area contributed by atoms with E-state index in [-0.39, 0.29) is 11.5 Å². The van der Waals surface area contributed by atoms with E-state index in [1.165, 1.54) is 27.1 Å². The molecule has 1 saturated heterocycles. The number of rotatable bonds is 3. The van der Waals surface area contributed by atoms with Crippen LogP contribution in [0.5, 0.6) is 0 Å². The van der Waals surface area contributed by atoms with Gasteiger partial charge in [0.1, 0.15) is 0 Å². The van der Waals surface area contributed by atoms with Gasteiger partial charge in [-0.05, 0) is 18.2 Å². The fourth-order valence-electron chi connectivity index (χ4n) is 1.83. The lowest BCUT2D eigenvalue weighted by Gasteiger charge is -2.29. The van der Waals surface area contributed by atoms with Crippen LogP contribution in [0.15, 0.2) is 36.0 Å². The Hall–Kier alpha value is -2.83. The van der Waals surface area contributed by atoms with E-state index in [1.54, 1.807) is 24.3 Å². The van der Waals surface area contributed by atoms with Crippen LogP contribution < -0.4 is 10.6 Å². The van der Waals surface area contributed by atoms with Crippen molar-refractivity contribution in [3.05, 3.63) is 41.6 Å². The van der Waals surface area contributed by atoms with E-state index in [2.05, 4.69) is 10.6 Å². The standard InChI is InChI=1S/C15H16N2O5/c1-15(2)21-13(19)11(14(20)22-15)8-17-10-6-4-5-9(7-10)12(18)16-3/h4-8,17H,1-3H3,(H,16,18). The number of cyclic esters (lactones) is 2. The molecule has 0 aromatic heterocycles. The Labute approximate surface area is 127 Å². The number of hydrogen-bond acceptors (Lipinski definition) is 6. The molecule has 7 nitrogen and oxygen atoms in total. The Bertz CT molecular complexity index is 642. The predicted molar refractivity (Wildman–Crippen MR) is 77.8 cm³/mol. The lowest BCUT2D eigenvalue weighted by atomic mass is 10.2. The minimum absolute atomic E-state index is 0.241. The molecule has 1 fully saturated rings. The van der Waals surface area contributed by atoms with Gasteiger partial charge in [0.05, 0.1) is 0 Å². The normalized spacial score (nSPS) is 16.4. The quantitative estimate of drug-likeness (QED) is 0.495. The highest BCUT2D eigenvalue weighted by atomic mass is 16.7. The van der Waals surface area contributed by atoms with Crippen LogP contribution in [0.2, 0.25) is 0 Å². The van der Waals surface area contributed by atoms with Crippen molar-refractivity contribution in [1.82, 2.24) is 5.32 Å². The molecule has 1 aromatic carbocycles. The van der Waals surface area contributed by atoms with Crippen molar-refractivity contribution in [1.29, 1.82) is 0 Å². The lowest BCUT2D eigenvalue weighted by Crippen LogP contribution is -2.42. The summed E-state index contributed by atoms with van der Waals surface area (Å²) in [5.41, 5.74) is 0.740. The third-order valence-electron chi connectivity index (χ3n) is 2.85. The number of nitrogens with one attached hydrogen (secondary N) is 2. The summed E-state index contributed by atoms with van der Waals surface area (Å²) in [7, 11) is 1.53. The fraction of sp³-hybridized carbons (Fsp3) is 0.267. The molecule has 0 atom stereocenters. The predicted octanol–water partition coefficient (Wildman–Crippen LogP) is 1.18. The Morgan fingerprint density at radius 2 is 1.82 bits per heavy atom. The first kappa shape index (κ1) is 15.6. The summed E-state index contributed by atoms with van der Waals surface area (Å²) in [5.74, 6) is -3.05. The maximum absolute atomic E-state index is 11.8. The zero-order valence-corrected chi connectivity index (χ0v) is 12.4. The molecule has 0 radical (unpaired) electrons. The van der Waals surface area contributed by atoms with Gasteiger partial charge >= 0.3 is 11.9 Å². The summed E-state index contributed by atoms with van der Waals surface area (Å²) in [4.78, 5) is 35.1. The van der Waals surface area contributed by atoms with Crippen molar-refractivity contribution in [2.24, 2.45) is 0 Å². The lowest BCUT2D eigenvalue weighted by molar-refractivity contribution is -0.222. The Morgan fingerprint density at radius 3 is 2.41 bits per heavy atom. The molecule has 1 aromatic rings. The number of hydrogen-bond donors (Lipinski definition) is 2. The molecule has 0 saturated carbocycles. The molecule has 7 heteroatoms. The number of carbonyl (C=O) groups excluding carboxylic acids is 3. The molecule has 0 spiro atoms. The highest BCUT2D eigenvalue weighted by Gasteiger charge is 2.38. The molecule has 1 amide bonds. The smallest absolute Gasteiger partial charge is 0.350 e. The first-order valence-corrected chi connectivity index (χ1v) is 6.58. The second kappa shape index (κ2) is 5.88. The van der Waals surface area contributed by atoms with E-state index < -0.39 is 17.7 Å². The average molecular weight is 304 g/mol. The molecule has 1 aliphatic rings. The van der Waals surface area contributed by atoms with Gasteiger partial charge in [0.25, 0.3) is 11.7 Å². The summed E-state index contributed by atoms with van der Waals surface area (Å²) < 4.78 is 9.94. The Kier molecular flexibility index (Phi) is 4.16. The summed E-state index contributed by atoms with van der Waals surface area (Å²) in [6, 6.07) is 6.58. The number of carbonyl (C=O) groups is 3. The molecule has 116 valence electrons. The van der Waals surface area contributed by atoms with Crippen molar-refractivity contribution >= 4 is 23.5 Å². The van der Waals surface area contributed by atoms with Gasteiger partial charge in [0.15, 0.2) is 5.57 Å². The molecular formula is C15H16N2O5. The Balaban J connectivity index is 2.16. The van der Waals surface area contributed by atoms with Gasteiger partial charge in [-0.3, -0.25) is 4.79 Å². The summed E-state index contributed by atoms with van der Waals surface area (Å²) in [5, 5.41) is 5.28. The van der Waals surface area contributed by atoms with Crippen molar-refractivity contribution < 1.29 is 23.9 Å². The number of esters is 2. The van der Waals surface area contributed by atoms with Crippen LogP contribution in [-0.2, 0) is 19.1 Å². The van der Waals surface area contributed by atoms with Crippen molar-refractivity contribution in [2.75, 3.05) is 12.4 Å². The van der Waals surface area contributed by atoms with Gasteiger partial charge < -0.3 is 20.1 Å². The number of ether oxygens (including phenoxy) is 2. The van der Waals surface area contributed by atoms with Gasteiger partial charge in [0, 0.05) is 38.3 Å². The topological polar surface area (TPSA) is 93.7 Å². The summed E-state index contributed by atoms with van der Waals surface area (Å²) >= 11 is 0. The molecule has 2 rings (SSSR count). The second-order valence-electron chi connectivity index (χ2n) is 5.04. The fourth-order valence-corrected chi connectivity index (χ4v) is 1.83. The summed E-state index contributed by atoms with van der Waals surface area (Å²) in [6.45, 7) is 2.94. The third kappa shape index (κ3) is 3.43. The van der Waals surface area contributed by atoms with Gasteiger partial charge in [-0.2, -0.15) is 0 Å². The van der Waals surface area contributed by atoms with Crippen LogP contribution in [0.3, 0.4) is 0 Å². The molecule has 0 unspecified atom stereocenters. The minimum Gasteiger partial charge on any atom is -0.419 e. The molecule has 2 N–H and O–H groups in total. The van der Waals surface area contributed by atoms with E-state index in [0.29, 0.717) is 11.3 Å². The van der Waals surface area contributed by atoms with Crippen LogP contribution in [0.4, 0.5) is 5.69 Å². The first-order chi connectivity index (χ1) is 10.3. The summed E-state index contributed by atoms with van der Waals surface area (Å²) in [6.07, 6.45) is 1.20. The number of anilines is 1. The Morgan fingerprint density at radius 1 is 1.18 bits per heavy atom. The van der Waals surface area contributed by atoms with Crippen molar-refractivity contribution in [3.8, 4) is 0 Å².